The van der Waals surface area contributed by atoms with Crippen molar-refractivity contribution in [3.63, 3.8) is 0 Å². The lowest BCUT2D eigenvalue weighted by molar-refractivity contribution is 0.359. The first kappa shape index (κ1) is 15.1. The molecule has 3 heterocycles. The van der Waals surface area contributed by atoms with Crippen LogP contribution >= 0.6 is 0 Å². The Bertz CT molecular complexity index is 1030. The normalized spacial score (nSPS) is 16.0. The molecule has 3 aromatic rings. The molecular weight excluding hydrogens is 326 g/mol. The summed E-state index contributed by atoms with van der Waals surface area (Å²) in [5.74, 6) is 1.16. The monoisotopic (exact) mass is 345 g/mol. The van der Waals surface area contributed by atoms with Gasteiger partial charge in [-0.2, -0.15) is 0 Å². The van der Waals surface area contributed by atoms with Gasteiger partial charge >= 0.3 is 6.01 Å². The average molecular weight is 345 g/mol. The fourth-order valence-electron chi connectivity index (χ4n) is 3.58. The largest absolute Gasteiger partial charge is 0.467 e. The van der Waals surface area contributed by atoms with Crippen LogP contribution in [-0.4, -0.2) is 44.6 Å². The van der Waals surface area contributed by atoms with Crippen molar-refractivity contribution in [2.45, 2.75) is 13.0 Å². The molecule has 0 bridgehead atoms. The molecule has 6 heteroatoms. The summed E-state index contributed by atoms with van der Waals surface area (Å²) in [6, 6.07) is 6.74. The molecule has 1 aliphatic heterocycles. The van der Waals surface area contributed by atoms with E-state index in [0.717, 1.165) is 48.5 Å². The highest BCUT2D eigenvalue weighted by molar-refractivity contribution is 5.82. The molecule has 130 valence electrons. The van der Waals surface area contributed by atoms with Crippen LogP contribution in [0.4, 0.5) is 0 Å². The topological polar surface area (TPSA) is 56.1 Å². The van der Waals surface area contributed by atoms with Gasteiger partial charge in [-0.25, -0.2) is 15.0 Å². The van der Waals surface area contributed by atoms with E-state index in [2.05, 4.69) is 55.9 Å². The van der Waals surface area contributed by atoms with Crippen LogP contribution in [0.1, 0.15) is 5.82 Å². The summed E-state index contributed by atoms with van der Waals surface area (Å²) < 4.78 is 7.40. The number of benzene rings is 1. The zero-order chi connectivity index (χ0) is 17.5. The Labute approximate surface area is 151 Å². The summed E-state index contributed by atoms with van der Waals surface area (Å²) in [5.41, 5.74) is 5.62. The van der Waals surface area contributed by atoms with Crippen molar-refractivity contribution in [1.29, 1.82) is 0 Å². The van der Waals surface area contributed by atoms with E-state index in [-0.39, 0.29) is 0 Å². The second-order valence-corrected chi connectivity index (χ2v) is 6.53. The molecular formula is C20H19N5O. The van der Waals surface area contributed by atoms with Crippen LogP contribution in [0.3, 0.4) is 0 Å². The highest BCUT2D eigenvalue weighted by Gasteiger charge is 2.19. The maximum absolute atomic E-state index is 5.04. The standard InChI is InChI=1S/C20H19N5O/c1-26-20-21-12-15(13-22-20)14-5-6-17-18(11-14)25-10-9-24(16-3-2-4-16)8-7-19(25)23-17/h2-6,11-13H,7-10H2,1H3. The van der Waals surface area contributed by atoms with Crippen molar-refractivity contribution in [1.82, 2.24) is 24.4 Å². The van der Waals surface area contributed by atoms with Crippen molar-refractivity contribution in [3.05, 3.63) is 60.3 Å². The van der Waals surface area contributed by atoms with Crippen molar-refractivity contribution in [3.8, 4) is 17.1 Å². The van der Waals surface area contributed by atoms with Gasteiger partial charge in [0.2, 0.25) is 0 Å². The van der Waals surface area contributed by atoms with E-state index in [0.29, 0.717) is 6.01 Å². The second-order valence-electron chi connectivity index (χ2n) is 6.53. The lowest BCUT2D eigenvalue weighted by atomic mass is 10.1. The predicted molar refractivity (Wildman–Crippen MR) is 99.8 cm³/mol. The van der Waals surface area contributed by atoms with Crippen molar-refractivity contribution >= 4 is 11.0 Å². The van der Waals surface area contributed by atoms with Gasteiger partial charge in [-0.3, -0.25) is 0 Å². The molecule has 6 nitrogen and oxygen atoms in total. The zero-order valence-corrected chi connectivity index (χ0v) is 14.6. The van der Waals surface area contributed by atoms with Crippen LogP contribution in [0.5, 0.6) is 6.01 Å². The number of aromatic nitrogens is 4. The van der Waals surface area contributed by atoms with Gasteiger partial charge in [0.05, 0.1) is 18.1 Å². The van der Waals surface area contributed by atoms with E-state index in [1.165, 1.54) is 11.2 Å². The number of rotatable bonds is 3. The minimum atomic E-state index is 0.382. The van der Waals surface area contributed by atoms with Crippen LogP contribution in [0.25, 0.3) is 22.2 Å². The molecule has 0 atom stereocenters. The lowest BCUT2D eigenvalue weighted by Gasteiger charge is -2.25. The van der Waals surface area contributed by atoms with Gasteiger partial charge in [0.1, 0.15) is 5.82 Å². The molecule has 1 aliphatic carbocycles. The van der Waals surface area contributed by atoms with Gasteiger partial charge in [-0.05, 0) is 29.8 Å². The molecule has 0 amide bonds. The molecule has 0 N–H and O–H groups in total. The molecule has 5 rings (SSSR count). The van der Waals surface area contributed by atoms with Gasteiger partial charge in [0, 0.05) is 49.7 Å². The Morgan fingerprint density at radius 2 is 1.88 bits per heavy atom. The number of fused-ring (bicyclic) bond motifs is 3. The summed E-state index contributed by atoms with van der Waals surface area (Å²) >= 11 is 0. The minimum absolute atomic E-state index is 0.382. The van der Waals surface area contributed by atoms with E-state index < -0.39 is 0 Å². The molecule has 0 spiro atoms. The first-order chi connectivity index (χ1) is 12.8. The summed E-state index contributed by atoms with van der Waals surface area (Å²) in [5, 5.41) is 0. The molecule has 0 radical (unpaired) electrons. The molecule has 1 aromatic carbocycles. The minimum Gasteiger partial charge on any atom is -0.467 e. The Morgan fingerprint density at radius 3 is 2.62 bits per heavy atom. The fraction of sp³-hybridized carbons (Fsp3) is 0.250. The van der Waals surface area contributed by atoms with Crippen LogP contribution in [0, 0.1) is 0 Å². The van der Waals surface area contributed by atoms with Crippen molar-refractivity contribution in [2.75, 3.05) is 20.2 Å². The van der Waals surface area contributed by atoms with E-state index in [1.807, 2.05) is 0 Å². The van der Waals surface area contributed by atoms with E-state index in [4.69, 9.17) is 9.72 Å². The highest BCUT2D eigenvalue weighted by atomic mass is 16.5. The molecule has 0 unspecified atom stereocenters. The quantitative estimate of drug-likeness (QED) is 0.731. The maximum atomic E-state index is 5.04. The molecule has 0 fully saturated rings. The maximum Gasteiger partial charge on any atom is 0.316 e. The van der Waals surface area contributed by atoms with Crippen molar-refractivity contribution < 1.29 is 4.74 Å². The van der Waals surface area contributed by atoms with Crippen LogP contribution < -0.4 is 4.74 Å². The summed E-state index contributed by atoms with van der Waals surface area (Å²) in [6.45, 7) is 2.96. The van der Waals surface area contributed by atoms with E-state index in [1.54, 1.807) is 19.5 Å². The Hall–Kier alpha value is -3.15. The summed E-state index contributed by atoms with van der Waals surface area (Å²) in [4.78, 5) is 15.7. The average Bonchev–Trinajstić information content (AvgIpc) is 2.86. The first-order valence-electron chi connectivity index (χ1n) is 8.81. The molecule has 26 heavy (non-hydrogen) atoms. The van der Waals surface area contributed by atoms with E-state index >= 15 is 0 Å². The lowest BCUT2D eigenvalue weighted by Crippen LogP contribution is -2.26. The molecule has 2 aliphatic rings. The third-order valence-corrected chi connectivity index (χ3v) is 5.07. The smallest absolute Gasteiger partial charge is 0.316 e. The Balaban J connectivity index is 1.49. The Kier molecular flexibility index (Phi) is 3.48. The SMILES string of the molecule is COc1ncc(-c2ccc3nc4n(c3c2)CCN(C2=CC=C2)CC4)cn1. The van der Waals surface area contributed by atoms with Gasteiger partial charge in [0.15, 0.2) is 0 Å². The number of ether oxygens (including phenoxy) is 1. The van der Waals surface area contributed by atoms with Crippen LogP contribution in [0.2, 0.25) is 0 Å². The van der Waals surface area contributed by atoms with Crippen molar-refractivity contribution in [2.24, 2.45) is 0 Å². The van der Waals surface area contributed by atoms with Gasteiger partial charge in [0.25, 0.3) is 0 Å². The Morgan fingerprint density at radius 1 is 1.04 bits per heavy atom. The highest BCUT2D eigenvalue weighted by Crippen LogP contribution is 2.27. The van der Waals surface area contributed by atoms with E-state index in [9.17, 15) is 0 Å². The number of hydrogen-bond donors (Lipinski definition) is 0. The number of allylic oxidation sites excluding steroid dienone is 3. The molecule has 0 saturated heterocycles. The molecule has 0 saturated carbocycles. The fourth-order valence-corrected chi connectivity index (χ4v) is 3.58. The third kappa shape index (κ3) is 2.45. The van der Waals surface area contributed by atoms with Crippen LogP contribution in [0.15, 0.2) is 54.5 Å². The molecule has 2 aromatic heterocycles. The van der Waals surface area contributed by atoms with Gasteiger partial charge in [-0.15, -0.1) is 0 Å². The summed E-state index contributed by atoms with van der Waals surface area (Å²) in [7, 11) is 1.57. The summed E-state index contributed by atoms with van der Waals surface area (Å²) in [6.07, 6.45) is 11.0. The third-order valence-electron chi connectivity index (χ3n) is 5.07. The number of imidazole rings is 1. The second kappa shape index (κ2) is 5.98. The number of hydrogen-bond acceptors (Lipinski definition) is 5. The first-order valence-corrected chi connectivity index (χ1v) is 8.81. The van der Waals surface area contributed by atoms with Gasteiger partial charge in [-0.1, -0.05) is 12.1 Å². The number of methoxy groups -OCH3 is 1. The number of nitrogens with zero attached hydrogens (tertiary/aromatic N) is 5. The van der Waals surface area contributed by atoms with Gasteiger partial charge < -0.3 is 14.2 Å². The zero-order valence-electron chi connectivity index (χ0n) is 14.6. The predicted octanol–water partition coefficient (Wildman–Crippen LogP) is 2.81. The van der Waals surface area contributed by atoms with Crippen LogP contribution in [-0.2, 0) is 13.0 Å².